The van der Waals surface area contributed by atoms with Crippen LogP contribution in [0.3, 0.4) is 0 Å². The molecule has 2 aromatic rings. The number of nitrogens with two attached hydrogens (primary N) is 1. The van der Waals surface area contributed by atoms with Gasteiger partial charge in [-0.15, -0.1) is 0 Å². The number of anilines is 2. The SMILES string of the molecule is COC(=O)c1cnc(N2CCN(c3nccc(COC(=O)NC(=N)N)c3F)CC2)nc1. The Bertz CT molecular complexity index is 964. The number of rotatable bonds is 5. The van der Waals surface area contributed by atoms with Gasteiger partial charge in [-0.2, -0.15) is 0 Å². The van der Waals surface area contributed by atoms with Crippen molar-refractivity contribution in [3.63, 3.8) is 0 Å². The molecule has 164 valence electrons. The molecule has 0 spiro atoms. The van der Waals surface area contributed by atoms with E-state index in [-0.39, 0.29) is 23.6 Å². The summed E-state index contributed by atoms with van der Waals surface area (Å²) < 4.78 is 24.4. The lowest BCUT2D eigenvalue weighted by atomic mass is 10.2. The van der Waals surface area contributed by atoms with Crippen molar-refractivity contribution >= 4 is 29.8 Å². The van der Waals surface area contributed by atoms with E-state index in [0.717, 1.165) is 0 Å². The molecule has 1 aliphatic rings. The van der Waals surface area contributed by atoms with Crippen molar-refractivity contribution in [3.05, 3.63) is 41.6 Å². The third kappa shape index (κ3) is 5.32. The number of nitrogens with one attached hydrogen (secondary N) is 2. The summed E-state index contributed by atoms with van der Waals surface area (Å²) in [6, 6.07) is 1.41. The maximum atomic E-state index is 14.9. The Labute approximate surface area is 176 Å². The van der Waals surface area contributed by atoms with Gasteiger partial charge >= 0.3 is 12.1 Å². The van der Waals surface area contributed by atoms with E-state index < -0.39 is 23.8 Å². The van der Waals surface area contributed by atoms with E-state index in [0.29, 0.717) is 32.1 Å². The van der Waals surface area contributed by atoms with E-state index in [1.165, 1.54) is 31.8 Å². The van der Waals surface area contributed by atoms with Gasteiger partial charge in [-0.25, -0.2) is 28.9 Å². The number of amides is 1. The number of nitrogens with zero attached hydrogens (tertiary/aromatic N) is 5. The standard InChI is InChI=1S/C18H21FN8O4/c1-30-15(28)12-8-23-17(24-9-12)27-6-4-26(5-7-27)14-13(19)11(2-3-22-14)10-31-18(29)25-16(20)21/h2-3,8-9H,4-7,10H2,1H3,(H4,20,21,25,29). The lowest BCUT2D eigenvalue weighted by molar-refractivity contribution is 0.0599. The fourth-order valence-electron chi connectivity index (χ4n) is 2.92. The van der Waals surface area contributed by atoms with Crippen LogP contribution in [0.4, 0.5) is 21.0 Å². The molecule has 3 rings (SSSR count). The molecule has 4 N–H and O–H groups in total. The number of pyridine rings is 1. The summed E-state index contributed by atoms with van der Waals surface area (Å²) in [6.07, 6.45) is 3.28. The first-order chi connectivity index (χ1) is 14.9. The maximum absolute atomic E-state index is 14.9. The monoisotopic (exact) mass is 432 g/mol. The zero-order chi connectivity index (χ0) is 22.4. The van der Waals surface area contributed by atoms with E-state index in [9.17, 15) is 14.0 Å². The molecule has 1 amide bonds. The first-order valence-electron chi connectivity index (χ1n) is 9.20. The van der Waals surface area contributed by atoms with Crippen LogP contribution in [0.1, 0.15) is 15.9 Å². The van der Waals surface area contributed by atoms with Gasteiger partial charge in [-0.05, 0) is 6.07 Å². The summed E-state index contributed by atoms with van der Waals surface area (Å²) in [5.41, 5.74) is 5.44. The summed E-state index contributed by atoms with van der Waals surface area (Å²) in [5, 5.41) is 8.93. The van der Waals surface area contributed by atoms with Crippen LogP contribution in [-0.2, 0) is 16.1 Å². The van der Waals surface area contributed by atoms with Crippen molar-refractivity contribution in [1.29, 1.82) is 5.41 Å². The first-order valence-corrected chi connectivity index (χ1v) is 9.20. The number of hydrogen-bond acceptors (Lipinski definition) is 10. The number of carbonyl (C=O) groups excluding carboxylic acids is 2. The molecule has 3 heterocycles. The summed E-state index contributed by atoms with van der Waals surface area (Å²) >= 11 is 0. The van der Waals surface area contributed by atoms with Gasteiger partial charge in [-0.1, -0.05) is 0 Å². The molecule has 31 heavy (non-hydrogen) atoms. The van der Waals surface area contributed by atoms with Crippen LogP contribution in [0.15, 0.2) is 24.7 Å². The number of halogens is 1. The zero-order valence-corrected chi connectivity index (χ0v) is 16.7. The third-order valence-electron chi connectivity index (χ3n) is 4.47. The predicted octanol–water partition coefficient (Wildman–Crippen LogP) is 0.244. The Morgan fingerprint density at radius 3 is 2.45 bits per heavy atom. The number of hydrogen-bond donors (Lipinski definition) is 3. The van der Waals surface area contributed by atoms with Crippen LogP contribution in [-0.4, -0.2) is 66.3 Å². The molecule has 2 aromatic heterocycles. The molecule has 0 aliphatic carbocycles. The molecule has 0 radical (unpaired) electrons. The van der Waals surface area contributed by atoms with Gasteiger partial charge < -0.3 is 25.0 Å². The largest absolute Gasteiger partial charge is 0.465 e. The summed E-state index contributed by atoms with van der Waals surface area (Å²) in [7, 11) is 1.28. The van der Waals surface area contributed by atoms with Crippen LogP contribution >= 0.6 is 0 Å². The summed E-state index contributed by atoms with van der Waals surface area (Å²) in [6.45, 7) is 1.62. The minimum absolute atomic E-state index is 0.146. The lowest BCUT2D eigenvalue weighted by Gasteiger charge is -2.35. The van der Waals surface area contributed by atoms with E-state index in [1.54, 1.807) is 4.90 Å². The molecular weight excluding hydrogens is 411 g/mol. The fraction of sp³-hybridized carbons (Fsp3) is 0.333. The van der Waals surface area contributed by atoms with Gasteiger partial charge in [0.2, 0.25) is 5.95 Å². The number of ether oxygens (including phenoxy) is 2. The quantitative estimate of drug-likeness (QED) is 0.339. The van der Waals surface area contributed by atoms with Gasteiger partial charge in [0.15, 0.2) is 17.6 Å². The van der Waals surface area contributed by atoms with Gasteiger partial charge in [0.1, 0.15) is 6.61 Å². The topological polar surface area (TPSA) is 160 Å². The minimum Gasteiger partial charge on any atom is -0.465 e. The average Bonchev–Trinajstić information content (AvgIpc) is 2.77. The maximum Gasteiger partial charge on any atom is 0.414 e. The van der Waals surface area contributed by atoms with E-state index in [1.807, 2.05) is 10.2 Å². The Kier molecular flexibility index (Phi) is 6.74. The lowest BCUT2D eigenvalue weighted by Crippen LogP contribution is -2.47. The molecule has 0 saturated carbocycles. The number of methoxy groups -OCH3 is 1. The Morgan fingerprint density at radius 1 is 1.19 bits per heavy atom. The highest BCUT2D eigenvalue weighted by atomic mass is 19.1. The number of guanidine groups is 1. The van der Waals surface area contributed by atoms with E-state index >= 15 is 0 Å². The molecule has 13 heteroatoms. The van der Waals surface area contributed by atoms with Gasteiger partial charge in [0.05, 0.1) is 12.7 Å². The van der Waals surface area contributed by atoms with Crippen molar-refractivity contribution < 1.29 is 23.5 Å². The molecule has 1 fully saturated rings. The molecular formula is C18H21FN8O4. The van der Waals surface area contributed by atoms with Crippen molar-refractivity contribution in [1.82, 2.24) is 20.3 Å². The Hall–Kier alpha value is -4.03. The highest BCUT2D eigenvalue weighted by molar-refractivity contribution is 5.91. The normalized spacial score (nSPS) is 13.5. The van der Waals surface area contributed by atoms with Gasteiger partial charge in [0.25, 0.3) is 0 Å². The molecule has 1 aliphatic heterocycles. The second-order valence-electron chi connectivity index (χ2n) is 6.46. The number of esters is 1. The number of piperazine rings is 1. The minimum atomic E-state index is -0.947. The van der Waals surface area contributed by atoms with Gasteiger partial charge in [-0.3, -0.25) is 10.7 Å². The molecule has 0 bridgehead atoms. The highest BCUT2D eigenvalue weighted by Crippen LogP contribution is 2.22. The number of carbonyl (C=O) groups is 2. The Morgan fingerprint density at radius 2 is 1.84 bits per heavy atom. The summed E-state index contributed by atoms with van der Waals surface area (Å²) in [4.78, 5) is 39.1. The van der Waals surface area contributed by atoms with Crippen molar-refractivity contribution in [2.24, 2.45) is 5.73 Å². The second-order valence-corrected chi connectivity index (χ2v) is 6.46. The van der Waals surface area contributed by atoms with Crippen LogP contribution in [0.25, 0.3) is 0 Å². The van der Waals surface area contributed by atoms with Crippen molar-refractivity contribution in [3.8, 4) is 0 Å². The van der Waals surface area contributed by atoms with E-state index in [2.05, 4.69) is 19.7 Å². The summed E-state index contributed by atoms with van der Waals surface area (Å²) in [5.74, 6) is -1.07. The molecule has 0 atom stereocenters. The zero-order valence-electron chi connectivity index (χ0n) is 16.7. The third-order valence-corrected chi connectivity index (χ3v) is 4.47. The molecule has 1 saturated heterocycles. The molecule has 0 aromatic carbocycles. The van der Waals surface area contributed by atoms with Crippen LogP contribution in [0.5, 0.6) is 0 Å². The number of aromatic nitrogens is 3. The first kappa shape index (κ1) is 21.7. The van der Waals surface area contributed by atoms with Crippen molar-refractivity contribution in [2.45, 2.75) is 6.61 Å². The number of alkyl carbamates (subject to hydrolysis) is 1. The van der Waals surface area contributed by atoms with Crippen LogP contribution < -0.4 is 20.9 Å². The Balaban J connectivity index is 1.61. The fourth-order valence-corrected chi connectivity index (χ4v) is 2.92. The average molecular weight is 432 g/mol. The van der Waals surface area contributed by atoms with E-state index in [4.69, 9.17) is 15.9 Å². The molecule has 0 unspecified atom stereocenters. The van der Waals surface area contributed by atoms with Gasteiger partial charge in [0, 0.05) is 50.3 Å². The second kappa shape index (κ2) is 9.65. The van der Waals surface area contributed by atoms with Crippen LogP contribution in [0.2, 0.25) is 0 Å². The van der Waals surface area contributed by atoms with Crippen LogP contribution in [0, 0.1) is 11.2 Å². The molecule has 12 nitrogen and oxygen atoms in total. The smallest absolute Gasteiger partial charge is 0.414 e. The predicted molar refractivity (Wildman–Crippen MR) is 107 cm³/mol. The van der Waals surface area contributed by atoms with Crippen molar-refractivity contribution in [2.75, 3.05) is 43.1 Å². The highest BCUT2D eigenvalue weighted by Gasteiger charge is 2.24.